The van der Waals surface area contributed by atoms with Gasteiger partial charge >= 0.3 is 6.03 Å². The SMILES string of the molecule is O=C(NCC(O)c1ccccc1F)Nc1cc(Cl)ccc1Cl. The molecule has 1 unspecified atom stereocenters. The molecule has 1 atom stereocenters. The zero-order chi connectivity index (χ0) is 16.1. The van der Waals surface area contributed by atoms with Crippen molar-refractivity contribution < 1.29 is 14.3 Å². The Balaban J connectivity index is 1.93. The average Bonchev–Trinajstić information content (AvgIpc) is 2.49. The summed E-state index contributed by atoms with van der Waals surface area (Å²) < 4.78 is 13.5. The van der Waals surface area contributed by atoms with Gasteiger partial charge in [0.15, 0.2) is 0 Å². The Morgan fingerprint density at radius 2 is 1.95 bits per heavy atom. The van der Waals surface area contributed by atoms with Crippen LogP contribution in [0.25, 0.3) is 0 Å². The summed E-state index contributed by atoms with van der Waals surface area (Å²) in [6.07, 6.45) is -1.15. The van der Waals surface area contributed by atoms with Gasteiger partial charge in [-0.15, -0.1) is 0 Å². The second-order valence-electron chi connectivity index (χ2n) is 4.50. The van der Waals surface area contributed by atoms with Crippen LogP contribution in [0.3, 0.4) is 0 Å². The fraction of sp³-hybridized carbons (Fsp3) is 0.133. The first-order chi connectivity index (χ1) is 10.5. The Kier molecular flexibility index (Phi) is 5.60. The van der Waals surface area contributed by atoms with Crippen LogP contribution in [0.5, 0.6) is 0 Å². The van der Waals surface area contributed by atoms with Crippen LogP contribution in [0.4, 0.5) is 14.9 Å². The number of urea groups is 1. The highest BCUT2D eigenvalue weighted by atomic mass is 35.5. The standard InChI is InChI=1S/C15H13Cl2FN2O2/c16-9-5-6-11(17)13(7-9)20-15(22)19-8-14(21)10-3-1-2-4-12(10)18/h1-7,14,21H,8H2,(H2,19,20,22). The van der Waals surface area contributed by atoms with Gasteiger partial charge in [-0.05, 0) is 24.3 Å². The van der Waals surface area contributed by atoms with Crippen molar-refractivity contribution >= 4 is 34.9 Å². The molecule has 0 aliphatic heterocycles. The predicted octanol–water partition coefficient (Wildman–Crippen LogP) is 3.99. The van der Waals surface area contributed by atoms with Crippen molar-refractivity contribution in [1.29, 1.82) is 0 Å². The molecule has 0 bridgehead atoms. The largest absolute Gasteiger partial charge is 0.386 e. The molecule has 2 amide bonds. The summed E-state index contributed by atoms with van der Waals surface area (Å²) >= 11 is 11.7. The van der Waals surface area contributed by atoms with E-state index in [1.54, 1.807) is 18.2 Å². The number of aliphatic hydroxyl groups is 1. The minimum atomic E-state index is -1.15. The quantitative estimate of drug-likeness (QED) is 0.786. The smallest absolute Gasteiger partial charge is 0.319 e. The first-order valence-electron chi connectivity index (χ1n) is 6.40. The molecule has 0 heterocycles. The van der Waals surface area contributed by atoms with Gasteiger partial charge in [-0.1, -0.05) is 41.4 Å². The van der Waals surface area contributed by atoms with Crippen LogP contribution in [-0.2, 0) is 0 Å². The van der Waals surface area contributed by atoms with E-state index < -0.39 is 18.0 Å². The summed E-state index contributed by atoms with van der Waals surface area (Å²) in [5.74, 6) is -0.532. The Hall–Kier alpha value is -1.82. The number of hydrogen-bond donors (Lipinski definition) is 3. The topological polar surface area (TPSA) is 61.4 Å². The molecule has 3 N–H and O–H groups in total. The summed E-state index contributed by atoms with van der Waals surface area (Å²) in [6.45, 7) is -0.148. The van der Waals surface area contributed by atoms with E-state index in [9.17, 15) is 14.3 Å². The second-order valence-corrected chi connectivity index (χ2v) is 5.34. The summed E-state index contributed by atoms with van der Waals surface area (Å²) in [6, 6.07) is 9.87. The van der Waals surface area contributed by atoms with Crippen LogP contribution in [0.2, 0.25) is 10.0 Å². The third kappa shape index (κ3) is 4.34. The lowest BCUT2D eigenvalue weighted by molar-refractivity contribution is 0.170. The van der Waals surface area contributed by atoms with Crippen LogP contribution in [-0.4, -0.2) is 17.7 Å². The van der Waals surface area contributed by atoms with E-state index in [1.807, 2.05) is 0 Å². The van der Waals surface area contributed by atoms with Crippen molar-refractivity contribution in [1.82, 2.24) is 5.32 Å². The van der Waals surface area contributed by atoms with Gasteiger partial charge in [0.2, 0.25) is 0 Å². The second kappa shape index (κ2) is 7.45. The molecule has 0 aliphatic carbocycles. The van der Waals surface area contributed by atoms with Crippen LogP contribution in [0.1, 0.15) is 11.7 Å². The maximum atomic E-state index is 13.5. The molecule has 2 rings (SSSR count). The van der Waals surface area contributed by atoms with Crippen LogP contribution in [0.15, 0.2) is 42.5 Å². The number of halogens is 3. The number of nitrogens with one attached hydrogen (secondary N) is 2. The number of amides is 2. The molecule has 0 fully saturated rings. The molecule has 0 radical (unpaired) electrons. The highest BCUT2D eigenvalue weighted by Gasteiger charge is 2.14. The van der Waals surface area contributed by atoms with Gasteiger partial charge < -0.3 is 15.7 Å². The number of rotatable bonds is 4. The predicted molar refractivity (Wildman–Crippen MR) is 84.8 cm³/mol. The number of benzene rings is 2. The minimum Gasteiger partial charge on any atom is -0.386 e. The number of carbonyl (C=O) groups excluding carboxylic acids is 1. The van der Waals surface area contributed by atoms with Gasteiger partial charge in [-0.2, -0.15) is 0 Å². The molecule has 2 aromatic carbocycles. The van der Waals surface area contributed by atoms with E-state index in [4.69, 9.17) is 23.2 Å². The van der Waals surface area contributed by atoms with Crippen molar-refractivity contribution in [3.63, 3.8) is 0 Å². The van der Waals surface area contributed by atoms with Crippen LogP contribution >= 0.6 is 23.2 Å². The number of aliphatic hydroxyl groups excluding tert-OH is 1. The number of carbonyl (C=O) groups is 1. The first-order valence-corrected chi connectivity index (χ1v) is 7.15. The van der Waals surface area contributed by atoms with Crippen molar-refractivity contribution in [2.24, 2.45) is 0 Å². The highest BCUT2D eigenvalue weighted by molar-refractivity contribution is 6.35. The van der Waals surface area contributed by atoms with E-state index in [0.29, 0.717) is 15.7 Å². The van der Waals surface area contributed by atoms with Gasteiger partial charge in [-0.3, -0.25) is 0 Å². The third-order valence-electron chi connectivity index (χ3n) is 2.90. The van der Waals surface area contributed by atoms with Crippen LogP contribution in [0, 0.1) is 5.82 Å². The zero-order valence-electron chi connectivity index (χ0n) is 11.3. The Morgan fingerprint density at radius 3 is 2.68 bits per heavy atom. The first kappa shape index (κ1) is 16.5. The van der Waals surface area contributed by atoms with E-state index in [2.05, 4.69) is 10.6 Å². The molecule has 7 heteroatoms. The zero-order valence-corrected chi connectivity index (χ0v) is 12.8. The fourth-order valence-electron chi connectivity index (χ4n) is 1.80. The Bertz CT molecular complexity index is 682. The monoisotopic (exact) mass is 342 g/mol. The van der Waals surface area contributed by atoms with E-state index in [1.165, 1.54) is 24.3 Å². The normalized spacial score (nSPS) is 11.8. The third-order valence-corrected chi connectivity index (χ3v) is 3.46. The van der Waals surface area contributed by atoms with E-state index in [0.717, 1.165) is 0 Å². The number of anilines is 1. The van der Waals surface area contributed by atoms with Gasteiger partial charge in [0.05, 0.1) is 16.8 Å². The van der Waals surface area contributed by atoms with Crippen molar-refractivity contribution in [2.75, 3.05) is 11.9 Å². The maximum Gasteiger partial charge on any atom is 0.319 e. The lowest BCUT2D eigenvalue weighted by Crippen LogP contribution is -2.32. The molecule has 0 aliphatic rings. The van der Waals surface area contributed by atoms with Crippen molar-refractivity contribution in [2.45, 2.75) is 6.10 Å². The molecular formula is C15H13Cl2FN2O2. The highest BCUT2D eigenvalue weighted by Crippen LogP contribution is 2.25. The summed E-state index contributed by atoms with van der Waals surface area (Å²) in [5, 5.41) is 15.6. The molecule has 0 saturated carbocycles. The van der Waals surface area contributed by atoms with Gasteiger partial charge in [-0.25, -0.2) is 9.18 Å². The van der Waals surface area contributed by atoms with Crippen LogP contribution < -0.4 is 10.6 Å². The molecule has 0 aromatic heterocycles. The minimum absolute atomic E-state index is 0.114. The lowest BCUT2D eigenvalue weighted by Gasteiger charge is -2.14. The molecule has 0 saturated heterocycles. The molecule has 22 heavy (non-hydrogen) atoms. The lowest BCUT2D eigenvalue weighted by atomic mass is 10.1. The summed E-state index contributed by atoms with van der Waals surface area (Å²) in [7, 11) is 0. The van der Waals surface area contributed by atoms with E-state index in [-0.39, 0.29) is 12.1 Å². The maximum absolute atomic E-state index is 13.5. The van der Waals surface area contributed by atoms with Gasteiger partial charge in [0, 0.05) is 17.1 Å². The molecule has 4 nitrogen and oxygen atoms in total. The molecule has 116 valence electrons. The van der Waals surface area contributed by atoms with Gasteiger partial charge in [0.25, 0.3) is 0 Å². The Labute approximate surface area is 136 Å². The van der Waals surface area contributed by atoms with Crippen molar-refractivity contribution in [3.05, 3.63) is 63.9 Å². The van der Waals surface area contributed by atoms with Crippen molar-refractivity contribution in [3.8, 4) is 0 Å². The average molecular weight is 343 g/mol. The fourth-order valence-corrected chi connectivity index (χ4v) is 2.14. The van der Waals surface area contributed by atoms with Gasteiger partial charge in [0.1, 0.15) is 5.82 Å². The number of hydrogen-bond acceptors (Lipinski definition) is 2. The summed E-state index contributed by atoms with van der Waals surface area (Å²) in [5.41, 5.74) is 0.454. The molecule has 0 spiro atoms. The Morgan fingerprint density at radius 1 is 1.23 bits per heavy atom. The summed E-state index contributed by atoms with van der Waals surface area (Å²) in [4.78, 5) is 11.8. The molecular weight excluding hydrogens is 330 g/mol. The van der Waals surface area contributed by atoms with E-state index >= 15 is 0 Å². The molecule has 2 aromatic rings.